The van der Waals surface area contributed by atoms with E-state index in [1.54, 1.807) is 0 Å². The van der Waals surface area contributed by atoms with Crippen molar-refractivity contribution in [3.63, 3.8) is 0 Å². The predicted molar refractivity (Wildman–Crippen MR) is 70.7 cm³/mol. The van der Waals surface area contributed by atoms with E-state index in [1.165, 1.54) is 0 Å². The maximum atomic E-state index is 13.6. The van der Waals surface area contributed by atoms with Crippen LogP contribution < -0.4 is 10.1 Å². The van der Waals surface area contributed by atoms with Gasteiger partial charge >= 0.3 is 5.97 Å². The number of halogens is 1. The Morgan fingerprint density at radius 1 is 1.57 bits per heavy atom. The Bertz CT molecular complexity index is 547. The number of rotatable bonds is 8. The van der Waals surface area contributed by atoms with Gasteiger partial charge in [0.2, 0.25) is 0 Å². The largest absolute Gasteiger partial charge is 0.490 e. The Morgan fingerprint density at radius 2 is 2.29 bits per heavy atom. The second kappa shape index (κ2) is 6.49. The molecule has 0 radical (unpaired) electrons. The lowest BCUT2D eigenvalue weighted by molar-refractivity contribution is -0.385. The van der Waals surface area contributed by atoms with Crippen LogP contribution in [-0.2, 0) is 4.79 Å². The molecule has 1 fully saturated rings. The highest BCUT2D eigenvalue weighted by atomic mass is 19.1. The summed E-state index contributed by atoms with van der Waals surface area (Å²) >= 11 is 0. The first-order valence-electron chi connectivity index (χ1n) is 6.53. The Kier molecular flexibility index (Phi) is 4.69. The molecule has 2 rings (SSSR count). The summed E-state index contributed by atoms with van der Waals surface area (Å²) in [5.41, 5.74) is -0.362. The zero-order chi connectivity index (χ0) is 15.4. The SMILES string of the molecule is O=C(O)C(CCOc1ccc([N+](=O)[O-])cc1F)NC1CC1. The van der Waals surface area contributed by atoms with Crippen molar-refractivity contribution < 1.29 is 24.0 Å². The third-order valence-corrected chi connectivity index (χ3v) is 3.10. The van der Waals surface area contributed by atoms with Crippen molar-refractivity contribution in [2.45, 2.75) is 31.3 Å². The predicted octanol–water partition coefficient (Wildman–Crippen LogP) is 1.71. The molecular formula is C13H15FN2O5. The molecule has 0 spiro atoms. The molecule has 1 atom stereocenters. The van der Waals surface area contributed by atoms with Gasteiger partial charge < -0.3 is 15.2 Å². The van der Waals surface area contributed by atoms with Crippen LogP contribution in [0, 0.1) is 15.9 Å². The van der Waals surface area contributed by atoms with Crippen molar-refractivity contribution >= 4 is 11.7 Å². The Balaban J connectivity index is 1.87. The third-order valence-electron chi connectivity index (χ3n) is 3.10. The molecule has 0 amide bonds. The molecule has 114 valence electrons. The topological polar surface area (TPSA) is 102 Å². The lowest BCUT2D eigenvalue weighted by Crippen LogP contribution is -2.39. The van der Waals surface area contributed by atoms with Crippen molar-refractivity contribution in [3.05, 3.63) is 34.1 Å². The lowest BCUT2D eigenvalue weighted by atomic mass is 10.2. The average molecular weight is 298 g/mol. The zero-order valence-electron chi connectivity index (χ0n) is 11.1. The molecule has 0 heterocycles. The fourth-order valence-corrected chi connectivity index (χ4v) is 1.82. The molecule has 0 saturated heterocycles. The fraction of sp³-hybridized carbons (Fsp3) is 0.462. The molecule has 0 bridgehead atoms. The van der Waals surface area contributed by atoms with E-state index < -0.39 is 22.8 Å². The minimum atomic E-state index is -0.977. The average Bonchev–Trinajstić information content (AvgIpc) is 3.22. The van der Waals surface area contributed by atoms with Crippen molar-refractivity contribution in [2.75, 3.05) is 6.61 Å². The van der Waals surface area contributed by atoms with Crippen LogP contribution in [-0.4, -0.2) is 34.7 Å². The number of nitro groups is 1. The van der Waals surface area contributed by atoms with Crippen LogP contribution in [0.4, 0.5) is 10.1 Å². The quantitative estimate of drug-likeness (QED) is 0.559. The van der Waals surface area contributed by atoms with Crippen molar-refractivity contribution in [1.82, 2.24) is 5.32 Å². The second-order valence-corrected chi connectivity index (χ2v) is 4.84. The molecule has 1 aliphatic rings. The van der Waals surface area contributed by atoms with E-state index in [-0.39, 0.29) is 30.5 Å². The number of ether oxygens (including phenoxy) is 1. The Labute approximate surface area is 119 Å². The number of aliphatic carboxylic acids is 1. The van der Waals surface area contributed by atoms with Gasteiger partial charge in [-0.1, -0.05) is 0 Å². The maximum absolute atomic E-state index is 13.6. The highest BCUT2D eigenvalue weighted by Crippen LogP contribution is 2.23. The standard InChI is InChI=1S/C13H15FN2O5/c14-10-7-9(16(19)20)3-4-12(10)21-6-5-11(13(17)18)15-8-1-2-8/h3-4,7-8,11,15H,1-2,5-6H2,(H,17,18). The van der Waals surface area contributed by atoms with E-state index in [4.69, 9.17) is 9.84 Å². The number of nitrogens with zero attached hydrogens (tertiary/aromatic N) is 1. The van der Waals surface area contributed by atoms with Gasteiger partial charge in [-0.2, -0.15) is 0 Å². The number of nitrogens with one attached hydrogen (secondary N) is 1. The van der Waals surface area contributed by atoms with Crippen molar-refractivity contribution in [3.8, 4) is 5.75 Å². The zero-order valence-corrected chi connectivity index (χ0v) is 11.1. The van der Waals surface area contributed by atoms with Crippen LogP contribution in [0.5, 0.6) is 5.75 Å². The van der Waals surface area contributed by atoms with Gasteiger partial charge in [-0.3, -0.25) is 14.9 Å². The van der Waals surface area contributed by atoms with Crippen LogP contribution in [0.15, 0.2) is 18.2 Å². The lowest BCUT2D eigenvalue weighted by Gasteiger charge is -2.14. The van der Waals surface area contributed by atoms with Crippen LogP contribution in [0.25, 0.3) is 0 Å². The van der Waals surface area contributed by atoms with E-state index in [1.807, 2.05) is 0 Å². The molecule has 7 nitrogen and oxygen atoms in total. The summed E-state index contributed by atoms with van der Waals surface area (Å²) in [6.45, 7) is 0.00537. The van der Waals surface area contributed by atoms with Gasteiger partial charge in [0.15, 0.2) is 11.6 Å². The Morgan fingerprint density at radius 3 is 2.81 bits per heavy atom. The summed E-state index contributed by atoms with van der Waals surface area (Å²) in [5, 5.41) is 22.5. The number of hydrogen-bond donors (Lipinski definition) is 2. The van der Waals surface area contributed by atoms with Gasteiger partial charge in [0.05, 0.1) is 17.6 Å². The van der Waals surface area contributed by atoms with Crippen LogP contribution in [0.1, 0.15) is 19.3 Å². The molecular weight excluding hydrogens is 283 g/mol. The molecule has 1 aromatic carbocycles. The molecule has 0 aromatic heterocycles. The summed E-state index contributed by atoms with van der Waals surface area (Å²) in [7, 11) is 0. The Hall–Kier alpha value is -2.22. The molecule has 1 aliphatic carbocycles. The first kappa shape index (κ1) is 15.2. The smallest absolute Gasteiger partial charge is 0.320 e. The van der Waals surface area contributed by atoms with Gasteiger partial charge in [0.1, 0.15) is 6.04 Å². The molecule has 1 saturated carbocycles. The number of hydrogen-bond acceptors (Lipinski definition) is 5. The minimum Gasteiger partial charge on any atom is -0.490 e. The van der Waals surface area contributed by atoms with E-state index in [2.05, 4.69) is 5.32 Å². The van der Waals surface area contributed by atoms with Gasteiger partial charge in [-0.15, -0.1) is 0 Å². The summed E-state index contributed by atoms with van der Waals surface area (Å²) in [6, 6.07) is 2.57. The van der Waals surface area contributed by atoms with Gasteiger partial charge in [0.25, 0.3) is 5.69 Å². The van der Waals surface area contributed by atoms with Crippen molar-refractivity contribution in [1.29, 1.82) is 0 Å². The molecule has 8 heteroatoms. The first-order valence-corrected chi connectivity index (χ1v) is 6.53. The monoisotopic (exact) mass is 298 g/mol. The third kappa shape index (κ3) is 4.38. The maximum Gasteiger partial charge on any atom is 0.320 e. The summed E-state index contributed by atoms with van der Waals surface area (Å²) in [6.07, 6.45) is 2.10. The summed E-state index contributed by atoms with van der Waals surface area (Å²) < 4.78 is 18.7. The first-order chi connectivity index (χ1) is 9.97. The van der Waals surface area contributed by atoms with Crippen LogP contribution in [0.3, 0.4) is 0 Å². The van der Waals surface area contributed by atoms with Gasteiger partial charge in [-0.05, 0) is 18.9 Å². The molecule has 0 aliphatic heterocycles. The number of carbonyl (C=O) groups is 1. The van der Waals surface area contributed by atoms with E-state index in [9.17, 15) is 19.3 Å². The van der Waals surface area contributed by atoms with Crippen LogP contribution >= 0.6 is 0 Å². The number of carboxylic acids is 1. The van der Waals surface area contributed by atoms with Gasteiger partial charge in [0, 0.05) is 18.5 Å². The normalized spacial score (nSPS) is 15.5. The van der Waals surface area contributed by atoms with Crippen LogP contribution in [0.2, 0.25) is 0 Å². The van der Waals surface area contributed by atoms with E-state index in [0.29, 0.717) is 0 Å². The van der Waals surface area contributed by atoms with Crippen molar-refractivity contribution in [2.24, 2.45) is 0 Å². The van der Waals surface area contributed by atoms with E-state index in [0.717, 1.165) is 31.0 Å². The van der Waals surface area contributed by atoms with E-state index >= 15 is 0 Å². The summed E-state index contributed by atoms with van der Waals surface area (Å²) in [5.74, 6) is -1.95. The number of carboxylic acid groups (broad SMARTS) is 1. The molecule has 2 N–H and O–H groups in total. The second-order valence-electron chi connectivity index (χ2n) is 4.84. The van der Waals surface area contributed by atoms with Gasteiger partial charge in [-0.25, -0.2) is 4.39 Å². The minimum absolute atomic E-state index is 0.00537. The number of non-ortho nitro benzene ring substituents is 1. The highest BCUT2D eigenvalue weighted by Gasteiger charge is 2.28. The molecule has 21 heavy (non-hydrogen) atoms. The highest BCUT2D eigenvalue weighted by molar-refractivity contribution is 5.73. The molecule has 1 unspecified atom stereocenters. The number of benzene rings is 1. The number of nitro benzene ring substituents is 1. The molecule has 1 aromatic rings. The summed E-state index contributed by atoms with van der Waals surface area (Å²) in [4.78, 5) is 20.8. The fourth-order valence-electron chi connectivity index (χ4n) is 1.82.